The molecule has 2 unspecified atom stereocenters. The number of carbonyl (C=O) groups is 1. The van der Waals surface area contributed by atoms with Crippen molar-refractivity contribution < 1.29 is 9.90 Å². The minimum atomic E-state index is -0.479. The average Bonchev–Trinajstić information content (AvgIpc) is 2.50. The molecule has 0 aliphatic carbocycles. The standard InChI is InChI=1S/C12H15NO2/c1-12(8-15)9-5-3-4-6-10(9)13(2)11(12)7-14/h3-7,11,15H,8H2,1-2H3. The second-order valence-electron chi connectivity index (χ2n) is 4.28. The van der Waals surface area contributed by atoms with Crippen LogP contribution in [-0.2, 0) is 10.2 Å². The Morgan fingerprint density at radius 2 is 2.20 bits per heavy atom. The number of likely N-dealkylation sites (N-methyl/N-ethyl adjacent to an activating group) is 1. The van der Waals surface area contributed by atoms with E-state index < -0.39 is 5.41 Å². The molecule has 1 N–H and O–H groups in total. The fourth-order valence-electron chi connectivity index (χ4n) is 2.42. The molecule has 1 aliphatic heterocycles. The molecule has 1 aromatic rings. The third-order valence-electron chi connectivity index (χ3n) is 3.43. The first-order valence-corrected chi connectivity index (χ1v) is 5.03. The normalized spacial score (nSPS) is 29.0. The lowest BCUT2D eigenvalue weighted by atomic mass is 9.80. The number of nitrogens with zero attached hydrogens (tertiary/aromatic N) is 1. The zero-order valence-electron chi connectivity index (χ0n) is 8.97. The van der Waals surface area contributed by atoms with Crippen LogP contribution in [0.3, 0.4) is 0 Å². The van der Waals surface area contributed by atoms with Crippen molar-refractivity contribution in [1.82, 2.24) is 0 Å². The summed E-state index contributed by atoms with van der Waals surface area (Å²) in [5.41, 5.74) is 1.60. The SMILES string of the molecule is CN1c2ccccc2C(C)(CO)C1C=O. The van der Waals surface area contributed by atoms with Gasteiger partial charge in [0.2, 0.25) is 0 Å². The quantitative estimate of drug-likeness (QED) is 0.731. The van der Waals surface area contributed by atoms with Gasteiger partial charge in [-0.3, -0.25) is 0 Å². The van der Waals surface area contributed by atoms with Gasteiger partial charge in [0.15, 0.2) is 0 Å². The van der Waals surface area contributed by atoms with Crippen molar-refractivity contribution in [2.24, 2.45) is 0 Å². The summed E-state index contributed by atoms with van der Waals surface area (Å²) in [6, 6.07) is 7.56. The van der Waals surface area contributed by atoms with E-state index in [4.69, 9.17) is 0 Å². The van der Waals surface area contributed by atoms with Crippen molar-refractivity contribution in [2.45, 2.75) is 18.4 Å². The number of fused-ring (bicyclic) bond motifs is 1. The summed E-state index contributed by atoms with van der Waals surface area (Å²) < 4.78 is 0. The molecule has 15 heavy (non-hydrogen) atoms. The van der Waals surface area contributed by atoms with Crippen LogP contribution in [0.2, 0.25) is 0 Å². The monoisotopic (exact) mass is 205 g/mol. The number of hydrogen-bond donors (Lipinski definition) is 1. The molecule has 0 saturated heterocycles. The molecule has 0 fully saturated rings. The molecule has 0 aromatic heterocycles. The molecule has 2 rings (SSSR count). The van der Waals surface area contributed by atoms with Gasteiger partial charge >= 0.3 is 0 Å². The molecular formula is C12H15NO2. The van der Waals surface area contributed by atoms with Crippen LogP contribution in [0.15, 0.2) is 24.3 Å². The van der Waals surface area contributed by atoms with Crippen LogP contribution in [0.5, 0.6) is 0 Å². The van der Waals surface area contributed by atoms with Gasteiger partial charge < -0.3 is 14.8 Å². The maximum atomic E-state index is 11.1. The van der Waals surface area contributed by atoms with Crippen molar-refractivity contribution in [1.29, 1.82) is 0 Å². The summed E-state index contributed by atoms with van der Waals surface area (Å²) in [7, 11) is 1.89. The second kappa shape index (κ2) is 3.35. The van der Waals surface area contributed by atoms with Gasteiger partial charge in [-0.15, -0.1) is 0 Å². The number of rotatable bonds is 2. The van der Waals surface area contributed by atoms with Gasteiger partial charge in [-0.1, -0.05) is 25.1 Å². The second-order valence-corrected chi connectivity index (χ2v) is 4.28. The number of benzene rings is 1. The van der Waals surface area contributed by atoms with Gasteiger partial charge in [0.05, 0.1) is 12.6 Å². The Morgan fingerprint density at radius 1 is 1.53 bits per heavy atom. The summed E-state index contributed by atoms with van der Waals surface area (Å²) in [6.45, 7) is 1.91. The highest BCUT2D eigenvalue weighted by molar-refractivity contribution is 5.77. The molecule has 1 aliphatic rings. The molecule has 0 bridgehead atoms. The Labute approximate surface area is 89.3 Å². The van der Waals surface area contributed by atoms with E-state index in [0.29, 0.717) is 0 Å². The number of carbonyl (C=O) groups excluding carboxylic acids is 1. The van der Waals surface area contributed by atoms with Crippen LogP contribution in [0, 0.1) is 0 Å². The highest BCUT2D eigenvalue weighted by atomic mass is 16.3. The van der Waals surface area contributed by atoms with Crippen LogP contribution < -0.4 is 4.90 Å². The number of aliphatic hydroxyl groups is 1. The minimum Gasteiger partial charge on any atom is -0.395 e. The van der Waals surface area contributed by atoms with E-state index in [1.54, 1.807) is 0 Å². The van der Waals surface area contributed by atoms with Crippen LogP contribution >= 0.6 is 0 Å². The van der Waals surface area contributed by atoms with E-state index in [9.17, 15) is 9.90 Å². The fourth-order valence-corrected chi connectivity index (χ4v) is 2.42. The third kappa shape index (κ3) is 1.20. The van der Waals surface area contributed by atoms with Crippen LogP contribution in [-0.4, -0.2) is 31.1 Å². The molecule has 1 aromatic carbocycles. The fraction of sp³-hybridized carbons (Fsp3) is 0.417. The summed E-state index contributed by atoms with van der Waals surface area (Å²) >= 11 is 0. The van der Waals surface area contributed by atoms with Gasteiger partial charge in [0, 0.05) is 18.2 Å². The van der Waals surface area contributed by atoms with Crippen molar-refractivity contribution >= 4 is 12.0 Å². The van der Waals surface area contributed by atoms with E-state index >= 15 is 0 Å². The lowest BCUT2D eigenvalue weighted by molar-refractivity contribution is -0.110. The van der Waals surface area contributed by atoms with Gasteiger partial charge in [-0.2, -0.15) is 0 Å². The Bertz CT molecular complexity index is 391. The topological polar surface area (TPSA) is 40.5 Å². The summed E-state index contributed by atoms with van der Waals surface area (Å²) in [4.78, 5) is 13.0. The maximum Gasteiger partial charge on any atom is 0.143 e. The Balaban J connectivity index is 2.60. The first-order valence-electron chi connectivity index (χ1n) is 5.03. The van der Waals surface area contributed by atoms with E-state index in [2.05, 4.69) is 0 Å². The van der Waals surface area contributed by atoms with Gasteiger partial charge in [0.25, 0.3) is 0 Å². The molecule has 0 radical (unpaired) electrons. The molecule has 0 amide bonds. The van der Waals surface area contributed by atoms with E-state index in [-0.39, 0.29) is 12.6 Å². The lowest BCUT2D eigenvalue weighted by Crippen LogP contribution is -2.44. The molecule has 3 nitrogen and oxygen atoms in total. The number of para-hydroxylation sites is 1. The summed E-state index contributed by atoms with van der Waals surface area (Å²) in [5.74, 6) is 0. The number of hydrogen-bond acceptors (Lipinski definition) is 3. The molecule has 2 atom stereocenters. The van der Waals surface area contributed by atoms with E-state index in [0.717, 1.165) is 17.5 Å². The molecule has 0 spiro atoms. The molecule has 0 saturated carbocycles. The molecular weight excluding hydrogens is 190 g/mol. The Morgan fingerprint density at radius 3 is 2.80 bits per heavy atom. The number of aliphatic hydroxyl groups excluding tert-OH is 1. The van der Waals surface area contributed by atoms with Crippen LogP contribution in [0.25, 0.3) is 0 Å². The van der Waals surface area contributed by atoms with Crippen molar-refractivity contribution in [3.63, 3.8) is 0 Å². The van der Waals surface area contributed by atoms with E-state index in [1.165, 1.54) is 0 Å². The minimum absolute atomic E-state index is 0.0161. The highest BCUT2D eigenvalue weighted by Crippen LogP contribution is 2.43. The lowest BCUT2D eigenvalue weighted by Gasteiger charge is -2.29. The van der Waals surface area contributed by atoms with Crippen molar-refractivity contribution in [2.75, 3.05) is 18.6 Å². The number of aldehydes is 1. The largest absolute Gasteiger partial charge is 0.395 e. The maximum absolute atomic E-state index is 11.1. The van der Waals surface area contributed by atoms with E-state index in [1.807, 2.05) is 43.1 Å². The third-order valence-corrected chi connectivity index (χ3v) is 3.43. The van der Waals surface area contributed by atoms with Gasteiger partial charge in [-0.25, -0.2) is 0 Å². The van der Waals surface area contributed by atoms with Crippen LogP contribution in [0.4, 0.5) is 5.69 Å². The number of anilines is 1. The zero-order chi connectivity index (χ0) is 11.1. The smallest absolute Gasteiger partial charge is 0.143 e. The predicted molar refractivity (Wildman–Crippen MR) is 59.1 cm³/mol. The molecule has 3 heteroatoms. The van der Waals surface area contributed by atoms with Gasteiger partial charge in [-0.05, 0) is 11.6 Å². The highest BCUT2D eigenvalue weighted by Gasteiger charge is 2.45. The first kappa shape index (κ1) is 10.2. The van der Waals surface area contributed by atoms with Crippen LogP contribution in [0.1, 0.15) is 12.5 Å². The summed E-state index contributed by atoms with van der Waals surface area (Å²) in [6.07, 6.45) is 0.913. The molecule has 1 heterocycles. The van der Waals surface area contributed by atoms with Crippen molar-refractivity contribution in [3.8, 4) is 0 Å². The predicted octanol–water partition coefficient (Wildman–Crippen LogP) is 0.954. The first-order chi connectivity index (χ1) is 7.15. The Kier molecular flexibility index (Phi) is 2.27. The average molecular weight is 205 g/mol. The zero-order valence-corrected chi connectivity index (χ0v) is 8.97. The molecule has 80 valence electrons. The van der Waals surface area contributed by atoms with Gasteiger partial charge in [0.1, 0.15) is 6.29 Å². The Hall–Kier alpha value is -1.35. The summed E-state index contributed by atoms with van der Waals surface area (Å²) in [5, 5.41) is 9.51. The van der Waals surface area contributed by atoms with Crippen molar-refractivity contribution in [3.05, 3.63) is 29.8 Å².